The van der Waals surface area contributed by atoms with Crippen molar-refractivity contribution in [3.63, 3.8) is 0 Å². The number of carbonyl (C=O) groups is 1. The fourth-order valence-corrected chi connectivity index (χ4v) is 3.75. The molecule has 0 radical (unpaired) electrons. The third-order valence-electron chi connectivity index (χ3n) is 4.74. The van der Waals surface area contributed by atoms with Crippen molar-refractivity contribution >= 4 is 11.6 Å². The summed E-state index contributed by atoms with van der Waals surface area (Å²) < 4.78 is 7.58. The number of carboxylic acid groups (broad SMARTS) is 1. The second-order valence-electron chi connectivity index (χ2n) is 6.63. The first kappa shape index (κ1) is 15.5. The fourth-order valence-electron chi connectivity index (χ4n) is 3.75. The minimum absolute atomic E-state index is 0.0963. The maximum atomic E-state index is 11.1. The smallest absolute Gasteiger partial charge is 0.317 e. The van der Waals surface area contributed by atoms with E-state index in [0.717, 1.165) is 37.4 Å². The number of carboxylic acids is 1. The van der Waals surface area contributed by atoms with E-state index in [1.807, 2.05) is 23.4 Å². The highest BCUT2D eigenvalue weighted by Crippen LogP contribution is 2.22. The molecule has 2 aliphatic heterocycles. The van der Waals surface area contributed by atoms with Crippen LogP contribution in [0.15, 0.2) is 24.7 Å². The Morgan fingerprint density at radius 2 is 2.25 bits per heavy atom. The predicted molar refractivity (Wildman–Crippen MR) is 85.6 cm³/mol. The average molecular weight is 331 g/mol. The summed E-state index contributed by atoms with van der Waals surface area (Å²) in [7, 11) is 0. The lowest BCUT2D eigenvalue weighted by Gasteiger charge is -2.30. The third-order valence-corrected chi connectivity index (χ3v) is 4.74. The number of rotatable bonds is 4. The van der Waals surface area contributed by atoms with Gasteiger partial charge in [-0.05, 0) is 6.07 Å². The van der Waals surface area contributed by atoms with Crippen molar-refractivity contribution in [2.24, 2.45) is 5.92 Å². The van der Waals surface area contributed by atoms with Crippen LogP contribution in [0.3, 0.4) is 0 Å². The van der Waals surface area contributed by atoms with Crippen molar-refractivity contribution < 1.29 is 14.6 Å². The van der Waals surface area contributed by atoms with Gasteiger partial charge in [0.25, 0.3) is 0 Å². The zero-order valence-corrected chi connectivity index (χ0v) is 13.4. The van der Waals surface area contributed by atoms with E-state index in [2.05, 4.69) is 15.0 Å². The third kappa shape index (κ3) is 3.12. The van der Waals surface area contributed by atoms with Gasteiger partial charge in [-0.25, -0.2) is 9.50 Å². The van der Waals surface area contributed by atoms with E-state index in [9.17, 15) is 4.79 Å². The molecule has 128 valence electrons. The standard InChI is InChI=1S/C16H21N5O3/c22-15(23)9-19-5-12-6-20(14(8-19)11-24-10-12)7-13-4-18-21-3-1-2-17-16(13)21/h1-4,12,14H,5-11H2,(H,22,23)/t12-,14-/m0/s1. The van der Waals surface area contributed by atoms with Crippen molar-refractivity contribution in [1.29, 1.82) is 0 Å². The minimum atomic E-state index is -0.769. The van der Waals surface area contributed by atoms with Gasteiger partial charge in [-0.2, -0.15) is 5.10 Å². The van der Waals surface area contributed by atoms with Gasteiger partial charge in [0.1, 0.15) is 0 Å². The second-order valence-corrected chi connectivity index (χ2v) is 6.63. The molecule has 0 spiro atoms. The molecule has 2 aromatic rings. The molecule has 4 rings (SSSR count). The first-order chi connectivity index (χ1) is 11.7. The Morgan fingerprint density at radius 1 is 1.33 bits per heavy atom. The van der Waals surface area contributed by atoms with Crippen LogP contribution in [0.25, 0.3) is 5.65 Å². The summed E-state index contributed by atoms with van der Waals surface area (Å²) in [5.74, 6) is -0.444. The summed E-state index contributed by atoms with van der Waals surface area (Å²) in [4.78, 5) is 19.9. The van der Waals surface area contributed by atoms with Gasteiger partial charge in [-0.3, -0.25) is 14.6 Å². The molecule has 0 aromatic carbocycles. The largest absolute Gasteiger partial charge is 0.480 e. The lowest BCUT2D eigenvalue weighted by molar-refractivity contribution is -0.138. The van der Waals surface area contributed by atoms with Gasteiger partial charge < -0.3 is 9.84 Å². The lowest BCUT2D eigenvalue weighted by atomic mass is 10.1. The summed E-state index contributed by atoms with van der Waals surface area (Å²) in [5, 5.41) is 13.5. The van der Waals surface area contributed by atoms with Gasteiger partial charge in [-0.1, -0.05) is 0 Å². The van der Waals surface area contributed by atoms with Crippen LogP contribution < -0.4 is 0 Å². The zero-order valence-electron chi connectivity index (χ0n) is 13.4. The van der Waals surface area contributed by atoms with Gasteiger partial charge in [0.2, 0.25) is 0 Å². The number of hydrogen-bond donors (Lipinski definition) is 1. The van der Waals surface area contributed by atoms with Gasteiger partial charge in [0, 0.05) is 56.1 Å². The number of hydrogen-bond acceptors (Lipinski definition) is 6. The van der Waals surface area contributed by atoms with Gasteiger partial charge >= 0.3 is 5.97 Å². The lowest BCUT2D eigenvalue weighted by Crippen LogP contribution is -2.44. The molecule has 0 aliphatic carbocycles. The monoisotopic (exact) mass is 331 g/mol. The molecule has 0 saturated carbocycles. The van der Waals surface area contributed by atoms with E-state index < -0.39 is 5.97 Å². The van der Waals surface area contributed by atoms with E-state index >= 15 is 0 Å². The molecule has 2 aromatic heterocycles. The molecule has 1 N–H and O–H groups in total. The minimum Gasteiger partial charge on any atom is -0.480 e. The Morgan fingerprint density at radius 3 is 3.12 bits per heavy atom. The van der Waals surface area contributed by atoms with Crippen molar-refractivity contribution in [3.05, 3.63) is 30.2 Å². The summed E-state index contributed by atoms with van der Waals surface area (Å²) in [6.07, 6.45) is 5.54. The molecule has 2 saturated heterocycles. The van der Waals surface area contributed by atoms with Crippen LogP contribution in [0.5, 0.6) is 0 Å². The highest BCUT2D eigenvalue weighted by Gasteiger charge is 2.34. The van der Waals surface area contributed by atoms with Crippen molar-refractivity contribution in [3.8, 4) is 0 Å². The molecule has 0 amide bonds. The van der Waals surface area contributed by atoms with Crippen LogP contribution in [-0.2, 0) is 16.1 Å². The summed E-state index contributed by atoms with van der Waals surface area (Å²) in [5.41, 5.74) is 1.97. The van der Waals surface area contributed by atoms with E-state index in [4.69, 9.17) is 9.84 Å². The van der Waals surface area contributed by atoms with Crippen LogP contribution in [0.1, 0.15) is 5.56 Å². The first-order valence-electron chi connectivity index (χ1n) is 8.22. The Bertz CT molecular complexity index is 733. The molecule has 8 heteroatoms. The van der Waals surface area contributed by atoms with Crippen molar-refractivity contribution in [2.75, 3.05) is 39.4 Å². The first-order valence-corrected chi connectivity index (χ1v) is 8.22. The van der Waals surface area contributed by atoms with Crippen molar-refractivity contribution in [1.82, 2.24) is 24.4 Å². The highest BCUT2D eigenvalue weighted by molar-refractivity contribution is 5.69. The Kier molecular flexibility index (Phi) is 4.17. The van der Waals surface area contributed by atoms with Crippen LogP contribution >= 0.6 is 0 Å². The normalized spacial score (nSPS) is 25.7. The number of nitrogens with zero attached hydrogens (tertiary/aromatic N) is 5. The number of aromatic nitrogens is 3. The number of fused-ring (bicyclic) bond motifs is 4. The molecule has 24 heavy (non-hydrogen) atoms. The zero-order chi connectivity index (χ0) is 16.5. The summed E-state index contributed by atoms with van der Waals surface area (Å²) in [6, 6.07) is 2.05. The Balaban J connectivity index is 1.55. The van der Waals surface area contributed by atoms with Crippen LogP contribution in [0.2, 0.25) is 0 Å². The highest BCUT2D eigenvalue weighted by atomic mass is 16.5. The van der Waals surface area contributed by atoms with Crippen LogP contribution in [0, 0.1) is 5.92 Å². The second kappa shape index (κ2) is 6.46. The molecule has 8 nitrogen and oxygen atoms in total. The maximum Gasteiger partial charge on any atom is 0.317 e. The molecule has 2 fully saturated rings. The Labute approximate surface area is 139 Å². The molecule has 4 heterocycles. The predicted octanol–water partition coefficient (Wildman–Crippen LogP) is -0.0535. The van der Waals surface area contributed by atoms with Gasteiger partial charge in [0.05, 0.1) is 26.0 Å². The molecule has 2 atom stereocenters. The maximum absolute atomic E-state index is 11.1. The topological polar surface area (TPSA) is 83.2 Å². The van der Waals surface area contributed by atoms with Crippen LogP contribution in [0.4, 0.5) is 0 Å². The fraction of sp³-hybridized carbons (Fsp3) is 0.562. The average Bonchev–Trinajstić information content (AvgIpc) is 2.74. The van der Waals surface area contributed by atoms with E-state index in [0.29, 0.717) is 19.1 Å². The molecule has 2 aliphatic rings. The van der Waals surface area contributed by atoms with Gasteiger partial charge in [0.15, 0.2) is 5.65 Å². The van der Waals surface area contributed by atoms with E-state index in [-0.39, 0.29) is 12.6 Å². The van der Waals surface area contributed by atoms with E-state index in [1.54, 1.807) is 10.7 Å². The van der Waals surface area contributed by atoms with Gasteiger partial charge in [-0.15, -0.1) is 0 Å². The number of aliphatic carboxylic acids is 1. The molecule has 0 unspecified atom stereocenters. The van der Waals surface area contributed by atoms with E-state index in [1.165, 1.54) is 0 Å². The molecule has 2 bridgehead atoms. The van der Waals surface area contributed by atoms with Crippen molar-refractivity contribution in [2.45, 2.75) is 12.6 Å². The summed E-state index contributed by atoms with van der Waals surface area (Å²) >= 11 is 0. The molecular weight excluding hydrogens is 310 g/mol. The molecular formula is C16H21N5O3. The SMILES string of the molecule is O=C(O)CN1C[C@@H]2COC[C@H](C1)N(Cc1cnn3cccnc13)C2. The Hall–Kier alpha value is -2.03. The number of ether oxygens (including phenoxy) is 1. The van der Waals surface area contributed by atoms with Crippen LogP contribution in [-0.4, -0.2) is 80.9 Å². The quantitative estimate of drug-likeness (QED) is 0.841. The summed E-state index contributed by atoms with van der Waals surface area (Å²) in [6.45, 7) is 4.58.